The van der Waals surface area contributed by atoms with Gasteiger partial charge in [-0.15, -0.1) is 0 Å². The molecule has 164 valence electrons. The van der Waals surface area contributed by atoms with Gasteiger partial charge in [-0.05, 0) is 54.8 Å². The van der Waals surface area contributed by atoms with Gasteiger partial charge in [-0.25, -0.2) is 8.42 Å². The van der Waals surface area contributed by atoms with Crippen molar-refractivity contribution in [3.63, 3.8) is 0 Å². The first-order valence-electron chi connectivity index (χ1n) is 10.6. The monoisotopic (exact) mass is 449 g/mol. The number of aromatic nitrogens is 1. The zero-order valence-electron chi connectivity index (χ0n) is 17.3. The first kappa shape index (κ1) is 20.7. The van der Waals surface area contributed by atoms with E-state index in [0.29, 0.717) is 30.9 Å². The fourth-order valence-corrected chi connectivity index (χ4v) is 6.26. The fraction of sp³-hybridized carbons (Fsp3) is 0.250. The molecule has 2 aliphatic heterocycles. The number of fused-ring (bicyclic) bond motifs is 4. The van der Waals surface area contributed by atoms with E-state index >= 15 is 0 Å². The zero-order chi connectivity index (χ0) is 22.3. The largest absolute Gasteiger partial charge is 0.322 e. The van der Waals surface area contributed by atoms with Crippen molar-refractivity contribution in [2.45, 2.75) is 23.8 Å². The molecule has 2 atom stereocenters. The summed E-state index contributed by atoms with van der Waals surface area (Å²) in [7, 11) is -3.68. The molecule has 1 aromatic heterocycles. The quantitative estimate of drug-likeness (QED) is 0.663. The molecule has 3 heterocycles. The molecular weight excluding hydrogens is 426 g/mol. The standard InChI is InChI=1S/C24H23N3O4S/c28-23-8-4-7-22-19-13-17(15-27(22)23)14-26(16-19)32(30,31)21-11-9-20(10-12-21)25-24(29)18-5-2-1-3-6-18/h1-12,17,19H,13-16H2,(H,25,29)/t17-,19-/m0/s1. The second-order valence-corrected chi connectivity index (χ2v) is 10.3. The van der Waals surface area contributed by atoms with Crippen molar-refractivity contribution in [2.24, 2.45) is 5.92 Å². The highest BCUT2D eigenvalue weighted by atomic mass is 32.2. The molecule has 32 heavy (non-hydrogen) atoms. The second-order valence-electron chi connectivity index (χ2n) is 8.36. The highest BCUT2D eigenvalue weighted by Gasteiger charge is 2.39. The molecule has 1 saturated heterocycles. The minimum absolute atomic E-state index is 0.00982. The summed E-state index contributed by atoms with van der Waals surface area (Å²) in [6.45, 7) is 1.29. The van der Waals surface area contributed by atoms with Gasteiger partial charge in [-0.1, -0.05) is 24.3 Å². The van der Waals surface area contributed by atoms with Gasteiger partial charge >= 0.3 is 0 Å². The van der Waals surface area contributed by atoms with Gasteiger partial charge in [0.1, 0.15) is 0 Å². The number of sulfonamides is 1. The van der Waals surface area contributed by atoms with Crippen molar-refractivity contribution < 1.29 is 13.2 Å². The summed E-state index contributed by atoms with van der Waals surface area (Å²) < 4.78 is 30.0. The third-order valence-corrected chi connectivity index (χ3v) is 8.08. The van der Waals surface area contributed by atoms with Crippen LogP contribution in [-0.4, -0.2) is 36.3 Å². The summed E-state index contributed by atoms with van der Waals surface area (Å²) in [6.07, 6.45) is 0.889. The molecule has 2 aromatic carbocycles. The molecule has 2 aliphatic rings. The number of amides is 1. The van der Waals surface area contributed by atoms with Gasteiger partial charge < -0.3 is 9.88 Å². The van der Waals surface area contributed by atoms with E-state index in [-0.39, 0.29) is 28.2 Å². The van der Waals surface area contributed by atoms with Crippen molar-refractivity contribution in [2.75, 3.05) is 18.4 Å². The Hall–Kier alpha value is -3.23. The van der Waals surface area contributed by atoms with E-state index in [9.17, 15) is 18.0 Å². The van der Waals surface area contributed by atoms with Crippen LogP contribution in [0.15, 0.2) is 82.5 Å². The first-order chi connectivity index (χ1) is 15.4. The number of piperidine rings is 1. The van der Waals surface area contributed by atoms with Crippen LogP contribution in [0.1, 0.15) is 28.4 Å². The Morgan fingerprint density at radius 1 is 0.875 bits per heavy atom. The van der Waals surface area contributed by atoms with Gasteiger partial charge in [0, 0.05) is 48.6 Å². The van der Waals surface area contributed by atoms with Crippen molar-refractivity contribution in [1.29, 1.82) is 0 Å². The molecule has 0 radical (unpaired) electrons. The van der Waals surface area contributed by atoms with Gasteiger partial charge in [0.05, 0.1) is 4.90 Å². The molecule has 0 spiro atoms. The van der Waals surface area contributed by atoms with Gasteiger partial charge in [0.15, 0.2) is 0 Å². The Bertz CT molecular complexity index is 1320. The Labute approximate surface area is 186 Å². The van der Waals surface area contributed by atoms with E-state index in [1.165, 1.54) is 16.4 Å². The van der Waals surface area contributed by atoms with Crippen LogP contribution >= 0.6 is 0 Å². The summed E-state index contributed by atoms with van der Waals surface area (Å²) in [5.74, 6) is -0.130. The SMILES string of the molecule is O=C(Nc1ccc(S(=O)(=O)N2C[C@@H]3C[C@@H](C2)c2cccc(=O)n2C3)cc1)c1ccccc1. The number of nitrogens with one attached hydrogen (secondary N) is 1. The summed E-state index contributed by atoms with van der Waals surface area (Å²) in [4.78, 5) is 24.7. The average molecular weight is 450 g/mol. The summed E-state index contributed by atoms with van der Waals surface area (Å²) in [6, 6.07) is 20.3. The van der Waals surface area contributed by atoms with Gasteiger partial charge in [-0.3, -0.25) is 9.59 Å². The lowest BCUT2D eigenvalue weighted by atomic mass is 9.84. The molecule has 1 N–H and O–H groups in total. The highest BCUT2D eigenvalue weighted by molar-refractivity contribution is 7.89. The summed E-state index contributed by atoms with van der Waals surface area (Å²) in [5.41, 5.74) is 1.94. The molecule has 5 rings (SSSR count). The third-order valence-electron chi connectivity index (χ3n) is 6.23. The van der Waals surface area contributed by atoms with E-state index in [1.807, 2.05) is 12.1 Å². The van der Waals surface area contributed by atoms with Crippen LogP contribution in [0.3, 0.4) is 0 Å². The van der Waals surface area contributed by atoms with Crippen LogP contribution in [0.5, 0.6) is 0 Å². The normalized spacial score (nSPS) is 20.4. The highest BCUT2D eigenvalue weighted by Crippen LogP contribution is 2.37. The fourth-order valence-electron chi connectivity index (χ4n) is 4.70. The van der Waals surface area contributed by atoms with Crippen LogP contribution in [0.2, 0.25) is 0 Å². The number of nitrogens with zero attached hydrogens (tertiary/aromatic N) is 2. The maximum absolute atomic E-state index is 13.3. The predicted octanol–water partition coefficient (Wildman–Crippen LogP) is 2.91. The number of rotatable bonds is 4. The molecule has 8 heteroatoms. The summed E-state index contributed by atoms with van der Waals surface area (Å²) >= 11 is 0. The van der Waals surface area contributed by atoms with Gasteiger partial charge in [0.25, 0.3) is 11.5 Å². The number of carbonyl (C=O) groups is 1. The van der Waals surface area contributed by atoms with E-state index in [0.717, 1.165) is 12.1 Å². The van der Waals surface area contributed by atoms with Gasteiger partial charge in [0.2, 0.25) is 10.0 Å². The maximum atomic E-state index is 13.3. The molecular formula is C24H23N3O4S. The lowest BCUT2D eigenvalue weighted by Gasteiger charge is -2.42. The zero-order valence-corrected chi connectivity index (χ0v) is 18.2. The van der Waals surface area contributed by atoms with Crippen molar-refractivity contribution in [3.8, 4) is 0 Å². The Balaban J connectivity index is 1.34. The number of hydrogen-bond donors (Lipinski definition) is 1. The molecule has 1 fully saturated rings. The van der Waals surface area contributed by atoms with Crippen LogP contribution in [0, 0.1) is 5.92 Å². The maximum Gasteiger partial charge on any atom is 0.255 e. The molecule has 1 amide bonds. The second kappa shape index (κ2) is 8.03. The number of pyridine rings is 1. The van der Waals surface area contributed by atoms with Crippen molar-refractivity contribution in [1.82, 2.24) is 8.87 Å². The molecule has 2 bridgehead atoms. The van der Waals surface area contributed by atoms with Crippen LogP contribution in [0.25, 0.3) is 0 Å². The number of hydrogen-bond acceptors (Lipinski definition) is 4. The van der Waals surface area contributed by atoms with Crippen LogP contribution in [-0.2, 0) is 16.6 Å². The molecule has 0 unspecified atom stereocenters. The average Bonchev–Trinajstić information content (AvgIpc) is 2.80. The molecule has 3 aromatic rings. The van der Waals surface area contributed by atoms with Crippen LogP contribution < -0.4 is 10.9 Å². The van der Waals surface area contributed by atoms with Crippen molar-refractivity contribution in [3.05, 3.63) is 94.4 Å². The van der Waals surface area contributed by atoms with E-state index < -0.39 is 10.0 Å². The van der Waals surface area contributed by atoms with E-state index in [4.69, 9.17) is 0 Å². The Morgan fingerprint density at radius 3 is 2.38 bits per heavy atom. The summed E-state index contributed by atoms with van der Waals surface area (Å²) in [5, 5.41) is 2.79. The lowest BCUT2D eigenvalue weighted by Crippen LogP contribution is -2.48. The number of anilines is 1. The molecule has 0 saturated carbocycles. The molecule has 0 aliphatic carbocycles. The molecule has 7 nitrogen and oxygen atoms in total. The van der Waals surface area contributed by atoms with Gasteiger partial charge in [-0.2, -0.15) is 4.31 Å². The first-order valence-corrected chi connectivity index (χ1v) is 12.0. The number of carbonyl (C=O) groups excluding carboxylic acids is 1. The van der Waals surface area contributed by atoms with E-state index in [1.54, 1.807) is 53.1 Å². The number of benzene rings is 2. The van der Waals surface area contributed by atoms with E-state index in [2.05, 4.69) is 5.32 Å². The van der Waals surface area contributed by atoms with Crippen LogP contribution in [0.4, 0.5) is 5.69 Å². The smallest absolute Gasteiger partial charge is 0.255 e. The van der Waals surface area contributed by atoms with Crippen molar-refractivity contribution >= 4 is 21.6 Å². The lowest BCUT2D eigenvalue weighted by molar-refractivity contribution is 0.102. The third kappa shape index (κ3) is 3.76. The minimum Gasteiger partial charge on any atom is -0.322 e. The predicted molar refractivity (Wildman–Crippen MR) is 121 cm³/mol. The minimum atomic E-state index is -3.68. The Morgan fingerprint density at radius 2 is 1.62 bits per heavy atom. The Kier molecular flexibility index (Phi) is 5.19. The topological polar surface area (TPSA) is 88.5 Å².